The van der Waals surface area contributed by atoms with Gasteiger partial charge in [0.2, 0.25) is 0 Å². The van der Waals surface area contributed by atoms with Crippen LogP contribution in [-0.2, 0) is 0 Å². The van der Waals surface area contributed by atoms with Crippen molar-refractivity contribution in [1.29, 1.82) is 0 Å². The Balaban J connectivity index is 1.82. The first-order valence-electron chi connectivity index (χ1n) is 7.81. The molecule has 4 nitrogen and oxygen atoms in total. The number of halogens is 3. The van der Waals surface area contributed by atoms with Gasteiger partial charge in [0.25, 0.3) is 5.91 Å². The molecule has 130 valence electrons. The van der Waals surface area contributed by atoms with Gasteiger partial charge in [0.1, 0.15) is 12.0 Å². The number of anilines is 2. The highest BCUT2D eigenvalue weighted by Gasteiger charge is 2.38. The molecule has 3 aromatic rings. The van der Waals surface area contributed by atoms with Crippen molar-refractivity contribution in [3.05, 3.63) is 87.0 Å². The number of nitrogens with zero attached hydrogens (tertiary/aromatic N) is 2. The first-order chi connectivity index (χ1) is 12.6. The summed E-state index contributed by atoms with van der Waals surface area (Å²) in [4.78, 5) is 18.9. The maximum atomic E-state index is 13.0. The van der Waals surface area contributed by atoms with Crippen molar-refractivity contribution in [2.45, 2.75) is 6.17 Å². The normalized spacial score (nSPS) is 15.9. The summed E-state index contributed by atoms with van der Waals surface area (Å²) in [5.74, 6) is 0.326. The molecule has 26 heavy (non-hydrogen) atoms. The van der Waals surface area contributed by atoms with Crippen molar-refractivity contribution in [2.75, 3.05) is 10.2 Å². The highest BCUT2D eigenvalue weighted by molar-refractivity contribution is 6.39. The number of benzene rings is 2. The van der Waals surface area contributed by atoms with E-state index in [1.807, 2.05) is 18.2 Å². The Bertz CT molecular complexity index is 971. The fourth-order valence-electron chi connectivity index (χ4n) is 2.98. The van der Waals surface area contributed by atoms with E-state index < -0.39 is 6.17 Å². The highest BCUT2D eigenvalue weighted by atomic mass is 35.5. The fourth-order valence-corrected chi connectivity index (χ4v) is 3.60. The number of rotatable bonds is 3. The van der Waals surface area contributed by atoms with E-state index in [9.17, 15) is 4.79 Å². The molecule has 0 fully saturated rings. The summed E-state index contributed by atoms with van der Waals surface area (Å²) < 4.78 is 0. The molecule has 0 spiro atoms. The maximum Gasteiger partial charge on any atom is 0.261 e. The monoisotopic (exact) mass is 403 g/mol. The quantitative estimate of drug-likeness (QED) is 0.599. The Morgan fingerprint density at radius 1 is 0.923 bits per heavy atom. The van der Waals surface area contributed by atoms with Crippen LogP contribution in [0.25, 0.3) is 0 Å². The zero-order valence-electron chi connectivity index (χ0n) is 13.3. The average molecular weight is 405 g/mol. The van der Waals surface area contributed by atoms with E-state index in [2.05, 4.69) is 10.3 Å². The highest BCUT2D eigenvalue weighted by Crippen LogP contribution is 2.40. The van der Waals surface area contributed by atoms with Gasteiger partial charge in [0.05, 0.1) is 20.8 Å². The topological polar surface area (TPSA) is 45.2 Å². The van der Waals surface area contributed by atoms with Crippen molar-refractivity contribution in [2.24, 2.45) is 0 Å². The summed E-state index contributed by atoms with van der Waals surface area (Å²) >= 11 is 18.5. The lowest BCUT2D eigenvalue weighted by Gasteiger charge is -2.27. The molecule has 4 rings (SSSR count). The summed E-state index contributed by atoms with van der Waals surface area (Å²) in [5, 5.41) is 4.73. The van der Waals surface area contributed by atoms with Crippen LogP contribution < -0.4 is 10.2 Å². The largest absolute Gasteiger partial charge is 0.359 e. The fraction of sp³-hybridized carbons (Fsp3) is 0.0526. The minimum Gasteiger partial charge on any atom is -0.359 e. The van der Waals surface area contributed by atoms with Crippen molar-refractivity contribution < 1.29 is 4.79 Å². The van der Waals surface area contributed by atoms with Crippen LogP contribution in [0.2, 0.25) is 15.1 Å². The van der Waals surface area contributed by atoms with Gasteiger partial charge >= 0.3 is 0 Å². The SMILES string of the molecule is O=C1c2ccccc2[C@H](Nc2c(Cl)cccc2Cl)N1c1ccc(Cl)cn1. The van der Waals surface area contributed by atoms with Crippen LogP contribution in [0.5, 0.6) is 0 Å². The molecule has 2 heterocycles. The molecule has 1 amide bonds. The third-order valence-corrected chi connectivity index (χ3v) is 5.02. The first kappa shape index (κ1) is 17.2. The van der Waals surface area contributed by atoms with E-state index in [-0.39, 0.29) is 5.91 Å². The van der Waals surface area contributed by atoms with Crippen LogP contribution in [0, 0.1) is 0 Å². The number of hydrogen-bond acceptors (Lipinski definition) is 3. The lowest BCUT2D eigenvalue weighted by molar-refractivity contribution is 0.0992. The van der Waals surface area contributed by atoms with Crippen LogP contribution in [0.3, 0.4) is 0 Å². The van der Waals surface area contributed by atoms with E-state index >= 15 is 0 Å². The Kier molecular flexibility index (Phi) is 4.49. The van der Waals surface area contributed by atoms with Gasteiger partial charge in [-0.15, -0.1) is 0 Å². The molecular weight excluding hydrogens is 393 g/mol. The minimum absolute atomic E-state index is 0.156. The second-order valence-corrected chi connectivity index (χ2v) is 6.99. The Morgan fingerprint density at radius 2 is 1.65 bits per heavy atom. The lowest BCUT2D eigenvalue weighted by Crippen LogP contribution is -2.33. The standard InChI is InChI=1S/C19H12Cl3N3O/c20-11-8-9-16(23-10-11)25-18(12-4-1-2-5-13(12)19(25)26)24-17-14(21)6-3-7-15(17)22/h1-10,18,24H/t18-/m1/s1. The predicted octanol–water partition coefficient (Wildman–Crippen LogP) is 5.81. The van der Waals surface area contributed by atoms with Crippen molar-refractivity contribution in [3.8, 4) is 0 Å². The van der Waals surface area contributed by atoms with Crippen LogP contribution in [0.15, 0.2) is 60.8 Å². The molecular formula is C19H12Cl3N3O. The van der Waals surface area contributed by atoms with Crippen LogP contribution >= 0.6 is 34.8 Å². The molecule has 2 aromatic carbocycles. The number of fused-ring (bicyclic) bond motifs is 1. The van der Waals surface area contributed by atoms with E-state index in [0.29, 0.717) is 32.1 Å². The molecule has 0 saturated carbocycles. The molecule has 1 N–H and O–H groups in total. The molecule has 1 aliphatic rings. The number of carbonyl (C=O) groups excluding carboxylic acids is 1. The van der Waals surface area contributed by atoms with E-state index in [4.69, 9.17) is 34.8 Å². The summed E-state index contributed by atoms with van der Waals surface area (Å²) in [6.07, 6.45) is 1.01. The number of para-hydroxylation sites is 1. The van der Waals surface area contributed by atoms with Gasteiger partial charge in [-0.1, -0.05) is 59.1 Å². The zero-order valence-corrected chi connectivity index (χ0v) is 15.6. The van der Waals surface area contributed by atoms with Gasteiger partial charge in [0.15, 0.2) is 0 Å². The number of aromatic nitrogens is 1. The number of pyridine rings is 1. The number of hydrogen-bond donors (Lipinski definition) is 1. The zero-order chi connectivity index (χ0) is 18.3. The van der Waals surface area contributed by atoms with Gasteiger partial charge in [-0.3, -0.25) is 9.69 Å². The number of nitrogens with one attached hydrogen (secondary N) is 1. The molecule has 7 heteroatoms. The van der Waals surface area contributed by atoms with E-state index in [1.165, 1.54) is 6.20 Å². The van der Waals surface area contributed by atoms with Gasteiger partial charge in [0, 0.05) is 17.3 Å². The molecule has 1 aromatic heterocycles. The van der Waals surface area contributed by atoms with Gasteiger partial charge in [-0.05, 0) is 30.3 Å². The lowest BCUT2D eigenvalue weighted by atomic mass is 10.1. The van der Waals surface area contributed by atoms with Crippen LogP contribution in [0.4, 0.5) is 11.5 Å². The molecule has 0 bridgehead atoms. The van der Waals surface area contributed by atoms with Crippen LogP contribution in [0.1, 0.15) is 22.1 Å². The van der Waals surface area contributed by atoms with Gasteiger partial charge < -0.3 is 5.32 Å². The van der Waals surface area contributed by atoms with E-state index in [1.54, 1.807) is 41.3 Å². The molecule has 0 saturated heterocycles. The first-order valence-corrected chi connectivity index (χ1v) is 8.94. The average Bonchev–Trinajstić information content (AvgIpc) is 2.92. The van der Waals surface area contributed by atoms with Gasteiger partial charge in [-0.2, -0.15) is 0 Å². The summed E-state index contributed by atoms with van der Waals surface area (Å²) in [5.41, 5.74) is 1.99. The molecule has 0 aliphatic carbocycles. The summed E-state index contributed by atoms with van der Waals surface area (Å²) in [6.45, 7) is 0. The smallest absolute Gasteiger partial charge is 0.261 e. The predicted molar refractivity (Wildman–Crippen MR) is 105 cm³/mol. The van der Waals surface area contributed by atoms with Crippen molar-refractivity contribution in [3.63, 3.8) is 0 Å². The Morgan fingerprint density at radius 3 is 2.35 bits per heavy atom. The summed E-state index contributed by atoms with van der Waals surface area (Å²) in [6, 6.07) is 16.0. The second kappa shape index (κ2) is 6.80. The molecule has 1 atom stereocenters. The summed E-state index contributed by atoms with van der Waals surface area (Å²) in [7, 11) is 0. The second-order valence-electron chi connectivity index (χ2n) is 5.74. The molecule has 1 aliphatic heterocycles. The number of carbonyl (C=O) groups is 1. The Labute approximate surface area is 165 Å². The maximum absolute atomic E-state index is 13.0. The third-order valence-electron chi connectivity index (χ3n) is 4.17. The molecule has 0 unspecified atom stereocenters. The van der Waals surface area contributed by atoms with E-state index in [0.717, 1.165) is 5.56 Å². The number of amides is 1. The minimum atomic E-state index is -0.496. The molecule has 0 radical (unpaired) electrons. The van der Waals surface area contributed by atoms with Crippen molar-refractivity contribution in [1.82, 2.24) is 4.98 Å². The van der Waals surface area contributed by atoms with Crippen molar-refractivity contribution >= 4 is 52.2 Å². The third kappa shape index (κ3) is 2.90. The van der Waals surface area contributed by atoms with Crippen LogP contribution in [-0.4, -0.2) is 10.9 Å². The Hall–Kier alpha value is -2.27. The van der Waals surface area contributed by atoms with Gasteiger partial charge in [-0.25, -0.2) is 4.98 Å².